The Morgan fingerprint density at radius 2 is 2.00 bits per heavy atom. The molecule has 0 saturated carbocycles. The van der Waals surface area contributed by atoms with Crippen LogP contribution in [0.15, 0.2) is 66.9 Å². The van der Waals surface area contributed by atoms with Gasteiger partial charge in [0, 0.05) is 11.8 Å². The van der Waals surface area contributed by atoms with Crippen LogP contribution in [0.5, 0.6) is 5.75 Å². The summed E-state index contributed by atoms with van der Waals surface area (Å²) in [5.41, 5.74) is 0.305. The molecule has 4 rings (SSSR count). The zero-order valence-electron chi connectivity index (χ0n) is 12.9. The summed E-state index contributed by atoms with van der Waals surface area (Å²) in [4.78, 5) is 12.6. The van der Waals surface area contributed by atoms with Crippen LogP contribution >= 0.6 is 11.3 Å². The SMILES string of the molecule is O=c1c(O)coc2ccc(NS(=O)(=O)c3ccc(-c4ccon4)s3)cc12. The van der Waals surface area contributed by atoms with Crippen molar-refractivity contribution in [1.29, 1.82) is 0 Å². The van der Waals surface area contributed by atoms with Crippen LogP contribution in [0.4, 0.5) is 5.69 Å². The second-order valence-corrected chi connectivity index (χ2v) is 8.26. The maximum absolute atomic E-state index is 12.6. The molecular weight excluding hydrogens is 380 g/mol. The van der Waals surface area contributed by atoms with Crippen molar-refractivity contribution >= 4 is 38.0 Å². The number of anilines is 1. The first-order valence-electron chi connectivity index (χ1n) is 7.22. The van der Waals surface area contributed by atoms with E-state index < -0.39 is 21.2 Å². The predicted molar refractivity (Wildman–Crippen MR) is 94.8 cm³/mol. The van der Waals surface area contributed by atoms with Gasteiger partial charge in [-0.05, 0) is 30.3 Å². The van der Waals surface area contributed by atoms with Gasteiger partial charge in [0.25, 0.3) is 10.0 Å². The Labute approximate surface area is 150 Å². The fourth-order valence-corrected chi connectivity index (χ4v) is 4.65. The minimum Gasteiger partial charge on any atom is -0.502 e. The number of sulfonamides is 1. The van der Waals surface area contributed by atoms with Gasteiger partial charge in [-0.2, -0.15) is 0 Å². The van der Waals surface area contributed by atoms with E-state index in [-0.39, 0.29) is 20.9 Å². The third kappa shape index (κ3) is 2.85. The van der Waals surface area contributed by atoms with Crippen molar-refractivity contribution in [2.45, 2.75) is 4.21 Å². The van der Waals surface area contributed by atoms with E-state index in [1.54, 1.807) is 12.1 Å². The van der Waals surface area contributed by atoms with Crippen molar-refractivity contribution in [2.24, 2.45) is 0 Å². The lowest BCUT2D eigenvalue weighted by molar-refractivity contribution is 0.422. The molecule has 0 radical (unpaired) electrons. The zero-order chi connectivity index (χ0) is 18.3. The molecule has 1 aromatic carbocycles. The number of hydrogen-bond donors (Lipinski definition) is 2. The van der Waals surface area contributed by atoms with E-state index in [4.69, 9.17) is 8.94 Å². The number of thiophene rings is 1. The minimum atomic E-state index is -3.86. The average Bonchev–Trinajstić information content (AvgIpc) is 3.29. The van der Waals surface area contributed by atoms with Crippen molar-refractivity contribution in [3.05, 3.63) is 59.1 Å². The van der Waals surface area contributed by atoms with Gasteiger partial charge >= 0.3 is 0 Å². The van der Waals surface area contributed by atoms with Crippen LogP contribution < -0.4 is 10.2 Å². The number of hydrogen-bond acceptors (Lipinski definition) is 8. The van der Waals surface area contributed by atoms with E-state index in [0.29, 0.717) is 10.6 Å². The van der Waals surface area contributed by atoms with Crippen molar-refractivity contribution in [3.8, 4) is 16.3 Å². The summed E-state index contributed by atoms with van der Waals surface area (Å²) in [7, 11) is -3.86. The van der Waals surface area contributed by atoms with Gasteiger partial charge in [0.05, 0.1) is 10.3 Å². The first-order valence-corrected chi connectivity index (χ1v) is 9.52. The van der Waals surface area contributed by atoms with Crippen molar-refractivity contribution in [1.82, 2.24) is 5.16 Å². The maximum atomic E-state index is 12.6. The van der Waals surface area contributed by atoms with Gasteiger partial charge in [0.15, 0.2) is 5.75 Å². The molecule has 26 heavy (non-hydrogen) atoms. The highest BCUT2D eigenvalue weighted by molar-refractivity contribution is 7.94. The van der Waals surface area contributed by atoms with Crippen LogP contribution in [0.25, 0.3) is 21.5 Å². The zero-order valence-corrected chi connectivity index (χ0v) is 14.5. The molecular formula is C16H10N2O6S2. The highest BCUT2D eigenvalue weighted by Gasteiger charge is 2.19. The van der Waals surface area contributed by atoms with Gasteiger partial charge in [0.1, 0.15) is 28.0 Å². The number of benzene rings is 1. The summed E-state index contributed by atoms with van der Waals surface area (Å²) in [6.45, 7) is 0. The van der Waals surface area contributed by atoms with E-state index in [9.17, 15) is 18.3 Å². The summed E-state index contributed by atoms with van der Waals surface area (Å²) < 4.78 is 37.5. The standard InChI is InChI=1S/C16H10N2O6S2/c19-12-8-23-13-2-1-9(7-10(13)16(12)20)18-26(21,22)15-4-3-14(25-15)11-5-6-24-17-11/h1-8,18-19H. The Balaban J connectivity index is 1.69. The number of nitrogens with zero attached hydrogens (tertiary/aromatic N) is 1. The first-order chi connectivity index (χ1) is 12.4. The number of rotatable bonds is 4. The molecule has 2 N–H and O–H groups in total. The third-order valence-corrected chi connectivity index (χ3v) is 6.52. The first kappa shape index (κ1) is 16.4. The van der Waals surface area contributed by atoms with Crippen LogP contribution in [0.3, 0.4) is 0 Å². The van der Waals surface area contributed by atoms with Crippen LogP contribution in [0.1, 0.15) is 0 Å². The fourth-order valence-electron chi connectivity index (χ4n) is 2.33. The lowest BCUT2D eigenvalue weighted by Crippen LogP contribution is -2.11. The molecule has 0 fully saturated rings. The molecule has 0 unspecified atom stereocenters. The molecule has 0 atom stereocenters. The van der Waals surface area contributed by atoms with Crippen molar-refractivity contribution < 1.29 is 22.5 Å². The Morgan fingerprint density at radius 1 is 1.15 bits per heavy atom. The van der Waals surface area contributed by atoms with E-state index >= 15 is 0 Å². The van der Waals surface area contributed by atoms with Crippen molar-refractivity contribution in [3.63, 3.8) is 0 Å². The smallest absolute Gasteiger partial charge is 0.271 e. The van der Waals surface area contributed by atoms with Gasteiger partial charge < -0.3 is 14.0 Å². The molecule has 4 aromatic rings. The Bertz CT molecular complexity index is 1260. The third-order valence-electron chi connectivity index (χ3n) is 3.54. The Morgan fingerprint density at radius 3 is 2.77 bits per heavy atom. The highest BCUT2D eigenvalue weighted by atomic mass is 32.2. The van der Waals surface area contributed by atoms with Crippen molar-refractivity contribution in [2.75, 3.05) is 4.72 Å². The molecule has 3 aromatic heterocycles. The molecule has 8 nitrogen and oxygen atoms in total. The molecule has 0 aliphatic heterocycles. The maximum Gasteiger partial charge on any atom is 0.271 e. The van der Waals surface area contributed by atoms with Crippen LogP contribution in [-0.4, -0.2) is 18.7 Å². The largest absolute Gasteiger partial charge is 0.502 e. The second-order valence-electron chi connectivity index (χ2n) is 5.27. The molecule has 0 spiro atoms. The number of nitrogens with one attached hydrogen (secondary N) is 1. The summed E-state index contributed by atoms with van der Waals surface area (Å²) >= 11 is 1.03. The Hall–Kier alpha value is -3.11. The highest BCUT2D eigenvalue weighted by Crippen LogP contribution is 2.31. The summed E-state index contributed by atoms with van der Waals surface area (Å²) in [6, 6.07) is 8.94. The minimum absolute atomic E-state index is 0.0691. The lowest BCUT2D eigenvalue weighted by atomic mass is 10.2. The molecule has 0 aliphatic carbocycles. The van der Waals surface area contributed by atoms with Gasteiger partial charge in [-0.1, -0.05) is 5.16 Å². The van der Waals surface area contributed by atoms with E-state index in [1.165, 1.54) is 30.5 Å². The topological polar surface area (TPSA) is 123 Å². The average molecular weight is 390 g/mol. The number of aromatic hydroxyl groups is 1. The second kappa shape index (κ2) is 6.00. The Kier molecular flexibility index (Phi) is 3.78. The van der Waals surface area contributed by atoms with E-state index in [2.05, 4.69) is 9.88 Å². The van der Waals surface area contributed by atoms with Gasteiger partial charge in [-0.3, -0.25) is 9.52 Å². The molecule has 3 heterocycles. The van der Waals surface area contributed by atoms with E-state index in [1.807, 2.05) is 0 Å². The molecule has 0 aliphatic rings. The van der Waals surface area contributed by atoms with Crippen LogP contribution in [0.2, 0.25) is 0 Å². The van der Waals surface area contributed by atoms with Crippen LogP contribution in [-0.2, 0) is 10.0 Å². The monoisotopic (exact) mass is 390 g/mol. The summed E-state index contributed by atoms with van der Waals surface area (Å²) in [5.74, 6) is -0.548. The molecule has 0 amide bonds. The predicted octanol–water partition coefficient (Wildman–Crippen LogP) is 3.02. The van der Waals surface area contributed by atoms with E-state index in [0.717, 1.165) is 17.6 Å². The summed E-state index contributed by atoms with van der Waals surface area (Å²) in [5, 5.41) is 13.3. The molecule has 10 heteroatoms. The number of aromatic nitrogens is 1. The molecule has 0 saturated heterocycles. The molecule has 0 bridgehead atoms. The summed E-state index contributed by atoms with van der Waals surface area (Å²) in [6.07, 6.45) is 2.34. The van der Waals surface area contributed by atoms with Gasteiger partial charge in [0.2, 0.25) is 5.43 Å². The fraction of sp³-hybridized carbons (Fsp3) is 0. The van der Waals surface area contributed by atoms with Gasteiger partial charge in [-0.25, -0.2) is 8.42 Å². The lowest BCUT2D eigenvalue weighted by Gasteiger charge is -2.07. The molecule has 132 valence electrons. The normalized spacial score (nSPS) is 11.7. The van der Waals surface area contributed by atoms with Crippen LogP contribution in [0, 0.1) is 0 Å². The quantitative estimate of drug-likeness (QED) is 0.549. The number of fused-ring (bicyclic) bond motifs is 1. The van der Waals surface area contributed by atoms with Gasteiger partial charge in [-0.15, -0.1) is 11.3 Å².